The minimum Gasteiger partial charge on any atom is -0.309 e. The van der Waals surface area contributed by atoms with Gasteiger partial charge >= 0.3 is 0 Å². The maximum absolute atomic E-state index is 2.60. The van der Waals surface area contributed by atoms with Crippen LogP contribution in [0.4, 0.5) is 0 Å². The lowest BCUT2D eigenvalue weighted by atomic mass is 9.91. The third-order valence-electron chi connectivity index (χ3n) is 10.2. The molecule has 0 fully saturated rings. The molecule has 0 aliphatic heterocycles. The highest BCUT2D eigenvalue weighted by atomic mass is 15.0. The molecular weight excluding hydrogens is 581 g/mol. The number of hydrogen-bond acceptors (Lipinski definition) is 0. The van der Waals surface area contributed by atoms with Gasteiger partial charge in [0, 0.05) is 32.9 Å². The number of aromatic nitrogens is 2. The smallest absolute Gasteiger partial charge is 0.0583 e. The molecule has 48 heavy (non-hydrogen) atoms. The standard InChI is InChI=1S/C46H44N2/c1-5-7-22-39-44-38-25-10-12-27-42(38)48(36-21-15-19-34(30-36)33-18-13-16-31(3)28-33)46(44)40(23-8-6-2)43-37-24-9-11-26-41(37)47(45(39)43)35-20-14-17-32(4)29-35/h9-21,24-30H,5-8,22-23H2,1-4H3. The molecule has 2 nitrogen and oxygen atoms in total. The van der Waals surface area contributed by atoms with Gasteiger partial charge < -0.3 is 9.13 Å². The normalized spacial score (nSPS) is 11.8. The van der Waals surface area contributed by atoms with E-state index in [-0.39, 0.29) is 0 Å². The van der Waals surface area contributed by atoms with Crippen molar-refractivity contribution in [2.75, 3.05) is 0 Å². The Kier molecular flexibility index (Phi) is 7.89. The summed E-state index contributed by atoms with van der Waals surface area (Å²) in [6.07, 6.45) is 6.68. The summed E-state index contributed by atoms with van der Waals surface area (Å²) in [6.45, 7) is 9.02. The second kappa shape index (κ2) is 12.5. The molecule has 2 heterocycles. The van der Waals surface area contributed by atoms with Crippen molar-refractivity contribution >= 4 is 43.6 Å². The van der Waals surface area contributed by atoms with Crippen LogP contribution >= 0.6 is 0 Å². The van der Waals surface area contributed by atoms with E-state index in [4.69, 9.17) is 0 Å². The zero-order valence-corrected chi connectivity index (χ0v) is 28.7. The molecule has 8 rings (SSSR count). The second-order valence-electron chi connectivity index (χ2n) is 13.6. The summed E-state index contributed by atoms with van der Waals surface area (Å²) in [5.74, 6) is 0. The Morgan fingerprint density at radius 2 is 0.917 bits per heavy atom. The quantitative estimate of drug-likeness (QED) is 0.151. The van der Waals surface area contributed by atoms with E-state index >= 15 is 0 Å². The third kappa shape index (κ3) is 4.94. The molecule has 0 saturated carbocycles. The van der Waals surface area contributed by atoms with Crippen molar-refractivity contribution < 1.29 is 0 Å². The number of para-hydroxylation sites is 2. The van der Waals surface area contributed by atoms with E-state index in [2.05, 4.69) is 158 Å². The van der Waals surface area contributed by atoms with Crippen molar-refractivity contribution in [3.63, 3.8) is 0 Å². The van der Waals surface area contributed by atoms with Gasteiger partial charge in [-0.1, -0.05) is 117 Å². The van der Waals surface area contributed by atoms with Crippen LogP contribution in [0, 0.1) is 13.8 Å². The van der Waals surface area contributed by atoms with Gasteiger partial charge in [-0.25, -0.2) is 0 Å². The molecule has 0 atom stereocenters. The van der Waals surface area contributed by atoms with Crippen LogP contribution in [-0.2, 0) is 12.8 Å². The summed E-state index contributed by atoms with van der Waals surface area (Å²) in [4.78, 5) is 0. The Balaban J connectivity index is 1.59. The average Bonchev–Trinajstić information content (AvgIpc) is 3.64. The van der Waals surface area contributed by atoms with Crippen molar-refractivity contribution in [1.82, 2.24) is 9.13 Å². The summed E-state index contributed by atoms with van der Waals surface area (Å²) < 4.78 is 5.19. The number of benzene rings is 6. The van der Waals surface area contributed by atoms with Gasteiger partial charge in [0.1, 0.15) is 0 Å². The summed E-state index contributed by atoms with van der Waals surface area (Å²) in [5, 5.41) is 5.55. The van der Waals surface area contributed by atoms with Crippen LogP contribution in [-0.4, -0.2) is 9.13 Å². The first-order valence-corrected chi connectivity index (χ1v) is 17.8. The predicted octanol–water partition coefficient (Wildman–Crippen LogP) is 12.8. The van der Waals surface area contributed by atoms with Crippen LogP contribution in [0.15, 0.2) is 121 Å². The van der Waals surface area contributed by atoms with Gasteiger partial charge in [0.05, 0.1) is 22.1 Å². The largest absolute Gasteiger partial charge is 0.309 e. The van der Waals surface area contributed by atoms with Gasteiger partial charge in [-0.15, -0.1) is 0 Å². The molecule has 0 aliphatic carbocycles. The van der Waals surface area contributed by atoms with Crippen molar-refractivity contribution in [1.29, 1.82) is 0 Å². The van der Waals surface area contributed by atoms with Crippen LogP contribution in [0.1, 0.15) is 61.8 Å². The zero-order valence-electron chi connectivity index (χ0n) is 28.7. The van der Waals surface area contributed by atoms with Gasteiger partial charge in [-0.2, -0.15) is 0 Å². The zero-order chi connectivity index (χ0) is 32.8. The molecule has 0 unspecified atom stereocenters. The van der Waals surface area contributed by atoms with E-state index in [9.17, 15) is 0 Å². The van der Waals surface area contributed by atoms with Crippen molar-refractivity contribution in [2.45, 2.75) is 66.2 Å². The summed E-state index contributed by atoms with van der Waals surface area (Å²) in [6, 6.07) is 45.4. The second-order valence-corrected chi connectivity index (χ2v) is 13.6. The van der Waals surface area contributed by atoms with Gasteiger partial charge in [0.2, 0.25) is 0 Å². The molecule has 0 spiro atoms. The lowest BCUT2D eigenvalue weighted by Crippen LogP contribution is -2.03. The highest BCUT2D eigenvalue weighted by Gasteiger charge is 2.27. The van der Waals surface area contributed by atoms with Crippen LogP contribution in [0.2, 0.25) is 0 Å². The van der Waals surface area contributed by atoms with Crippen LogP contribution < -0.4 is 0 Å². The molecule has 0 bridgehead atoms. The van der Waals surface area contributed by atoms with Crippen molar-refractivity contribution in [3.8, 4) is 22.5 Å². The maximum Gasteiger partial charge on any atom is 0.0583 e. The van der Waals surface area contributed by atoms with Gasteiger partial charge in [-0.3, -0.25) is 0 Å². The van der Waals surface area contributed by atoms with Crippen LogP contribution in [0.25, 0.3) is 66.1 Å². The van der Waals surface area contributed by atoms with E-state index in [0.717, 1.165) is 38.5 Å². The molecule has 2 aromatic heterocycles. The van der Waals surface area contributed by atoms with Crippen molar-refractivity contribution in [2.24, 2.45) is 0 Å². The van der Waals surface area contributed by atoms with Crippen LogP contribution in [0.5, 0.6) is 0 Å². The molecular formula is C46H44N2. The third-order valence-corrected chi connectivity index (χ3v) is 10.2. The number of hydrogen-bond donors (Lipinski definition) is 0. The molecule has 8 aromatic rings. The van der Waals surface area contributed by atoms with Gasteiger partial charge in [0.15, 0.2) is 0 Å². The fourth-order valence-electron chi connectivity index (χ4n) is 8.05. The number of aryl methyl sites for hydroxylation is 4. The van der Waals surface area contributed by atoms with E-state index in [1.165, 1.54) is 88.4 Å². The Bertz CT molecular complexity index is 2450. The number of unbranched alkanes of at least 4 members (excludes halogenated alkanes) is 2. The molecule has 0 N–H and O–H groups in total. The SMILES string of the molecule is CCCCc1c2c3ccccc3n(-c3cccc(-c4cccc(C)c4)c3)c2c(CCCC)c2c3ccccc3n(-c3cccc(C)c3)c12. The van der Waals surface area contributed by atoms with E-state index < -0.39 is 0 Å². The Hall–Kier alpha value is -5.08. The summed E-state index contributed by atoms with van der Waals surface area (Å²) in [7, 11) is 0. The number of rotatable bonds is 9. The minimum absolute atomic E-state index is 1.03. The molecule has 0 aliphatic rings. The average molecular weight is 625 g/mol. The lowest BCUT2D eigenvalue weighted by Gasteiger charge is -2.18. The van der Waals surface area contributed by atoms with Crippen LogP contribution in [0.3, 0.4) is 0 Å². The molecule has 0 amide bonds. The first kappa shape index (κ1) is 30.3. The van der Waals surface area contributed by atoms with E-state index in [1.807, 2.05) is 0 Å². The predicted molar refractivity (Wildman–Crippen MR) is 207 cm³/mol. The fraction of sp³-hybridized carbons (Fsp3) is 0.217. The first-order valence-electron chi connectivity index (χ1n) is 17.8. The van der Waals surface area contributed by atoms with Gasteiger partial charge in [0.25, 0.3) is 0 Å². The Morgan fingerprint density at radius 1 is 0.458 bits per heavy atom. The monoisotopic (exact) mass is 624 g/mol. The minimum atomic E-state index is 1.03. The highest BCUT2D eigenvalue weighted by Crippen LogP contribution is 2.46. The number of nitrogens with zero attached hydrogens (tertiary/aromatic N) is 2. The highest BCUT2D eigenvalue weighted by molar-refractivity contribution is 6.23. The molecule has 0 saturated heterocycles. The molecule has 238 valence electrons. The van der Waals surface area contributed by atoms with Gasteiger partial charge in [-0.05, 0) is 104 Å². The number of fused-ring (bicyclic) bond motifs is 6. The Labute approximate surface area is 284 Å². The first-order chi connectivity index (χ1) is 23.6. The summed E-state index contributed by atoms with van der Waals surface area (Å²) >= 11 is 0. The summed E-state index contributed by atoms with van der Waals surface area (Å²) in [5.41, 5.74) is 15.8. The van der Waals surface area contributed by atoms with E-state index in [0.29, 0.717) is 0 Å². The maximum atomic E-state index is 2.60. The molecule has 0 radical (unpaired) electrons. The fourth-order valence-corrected chi connectivity index (χ4v) is 8.05. The Morgan fingerprint density at radius 3 is 1.44 bits per heavy atom. The topological polar surface area (TPSA) is 9.86 Å². The van der Waals surface area contributed by atoms with E-state index in [1.54, 1.807) is 0 Å². The van der Waals surface area contributed by atoms with Crippen molar-refractivity contribution in [3.05, 3.63) is 144 Å². The molecule has 2 heteroatoms. The molecule has 6 aromatic carbocycles. The lowest BCUT2D eigenvalue weighted by molar-refractivity contribution is 0.795.